The number of aryl methyl sites for hydroxylation is 2. The average molecular weight is 356 g/mol. The van der Waals surface area contributed by atoms with E-state index >= 15 is 0 Å². The summed E-state index contributed by atoms with van der Waals surface area (Å²) in [5.41, 5.74) is 5.50. The number of imidazole rings is 1. The number of nitrogens with zero attached hydrogens (tertiary/aromatic N) is 2. The molecule has 0 radical (unpaired) electrons. The SMILES string of the molecule is Cc1ccc(-c2cn3c(n2)sc2cc(S(C)(=O)=O)ccc23)cc1C. The van der Waals surface area contributed by atoms with E-state index in [9.17, 15) is 8.42 Å². The Kier molecular flexibility index (Phi) is 3.30. The lowest BCUT2D eigenvalue weighted by Crippen LogP contribution is -1.96. The second kappa shape index (κ2) is 5.16. The van der Waals surface area contributed by atoms with Crippen LogP contribution in [0.2, 0.25) is 0 Å². The fraction of sp³-hybridized carbons (Fsp3) is 0.167. The molecule has 6 heteroatoms. The quantitative estimate of drug-likeness (QED) is 0.540. The third-order valence-corrected chi connectivity index (χ3v) is 6.42. The molecule has 0 atom stereocenters. The number of thiazole rings is 1. The predicted octanol–water partition coefficient (Wildman–Crippen LogP) is 4.24. The largest absolute Gasteiger partial charge is 0.290 e. The van der Waals surface area contributed by atoms with E-state index in [1.807, 2.05) is 16.7 Å². The van der Waals surface area contributed by atoms with Gasteiger partial charge in [0.25, 0.3) is 0 Å². The summed E-state index contributed by atoms with van der Waals surface area (Å²) in [5.74, 6) is 0. The standard InChI is InChI=1S/C18H16N2O2S2/c1-11-4-5-13(8-12(11)2)15-10-20-16-7-6-14(24(3,21)22)9-17(16)23-18(20)19-15/h4-10H,1-3H3. The first-order valence-corrected chi connectivity index (χ1v) is 10.2. The molecule has 0 N–H and O–H groups in total. The average Bonchev–Trinajstić information content (AvgIpc) is 3.06. The number of rotatable bonds is 2. The van der Waals surface area contributed by atoms with Crippen molar-refractivity contribution >= 4 is 36.4 Å². The maximum atomic E-state index is 11.7. The van der Waals surface area contributed by atoms with Gasteiger partial charge in [-0.1, -0.05) is 23.5 Å². The highest BCUT2D eigenvalue weighted by Gasteiger charge is 2.14. The lowest BCUT2D eigenvalue weighted by atomic mass is 10.1. The molecule has 4 nitrogen and oxygen atoms in total. The van der Waals surface area contributed by atoms with Gasteiger partial charge in [-0.3, -0.25) is 4.40 Å². The van der Waals surface area contributed by atoms with Crippen molar-refractivity contribution in [3.63, 3.8) is 0 Å². The van der Waals surface area contributed by atoms with E-state index in [0.29, 0.717) is 4.90 Å². The summed E-state index contributed by atoms with van der Waals surface area (Å²) in [6.07, 6.45) is 3.24. The molecule has 2 aromatic heterocycles. The highest BCUT2D eigenvalue weighted by Crippen LogP contribution is 2.31. The van der Waals surface area contributed by atoms with Crippen LogP contribution in [0.4, 0.5) is 0 Å². The van der Waals surface area contributed by atoms with Crippen LogP contribution in [-0.4, -0.2) is 24.1 Å². The van der Waals surface area contributed by atoms with Crippen molar-refractivity contribution < 1.29 is 8.42 Å². The van der Waals surface area contributed by atoms with Gasteiger partial charge in [0.2, 0.25) is 0 Å². The third-order valence-electron chi connectivity index (χ3n) is 4.30. The van der Waals surface area contributed by atoms with Crippen molar-refractivity contribution in [2.75, 3.05) is 6.26 Å². The Morgan fingerprint density at radius 1 is 1.04 bits per heavy atom. The van der Waals surface area contributed by atoms with Crippen molar-refractivity contribution in [3.8, 4) is 11.3 Å². The number of sulfone groups is 1. The summed E-state index contributed by atoms with van der Waals surface area (Å²) < 4.78 is 26.4. The van der Waals surface area contributed by atoms with E-state index < -0.39 is 9.84 Å². The molecular weight excluding hydrogens is 340 g/mol. The zero-order chi connectivity index (χ0) is 17.1. The van der Waals surface area contributed by atoms with Crippen LogP contribution in [0.1, 0.15) is 11.1 Å². The molecule has 2 aromatic carbocycles. The topological polar surface area (TPSA) is 51.4 Å². The number of hydrogen-bond donors (Lipinski definition) is 0. The Labute approximate surface area is 144 Å². The molecule has 4 rings (SSSR count). The van der Waals surface area contributed by atoms with E-state index in [-0.39, 0.29) is 0 Å². The number of fused-ring (bicyclic) bond motifs is 3. The van der Waals surface area contributed by atoms with Gasteiger partial charge in [0.05, 0.1) is 20.8 Å². The molecule has 122 valence electrons. The molecule has 0 fully saturated rings. The monoisotopic (exact) mass is 356 g/mol. The zero-order valence-corrected chi connectivity index (χ0v) is 15.2. The summed E-state index contributed by atoms with van der Waals surface area (Å²) in [6, 6.07) is 11.6. The van der Waals surface area contributed by atoms with Crippen molar-refractivity contribution in [1.29, 1.82) is 0 Å². The van der Waals surface area contributed by atoms with Gasteiger partial charge in [-0.15, -0.1) is 0 Å². The molecule has 2 heterocycles. The van der Waals surface area contributed by atoms with Gasteiger partial charge in [0, 0.05) is 18.0 Å². The van der Waals surface area contributed by atoms with E-state index in [2.05, 4.69) is 32.0 Å². The van der Waals surface area contributed by atoms with E-state index in [1.54, 1.807) is 12.1 Å². The van der Waals surface area contributed by atoms with Gasteiger partial charge in [-0.2, -0.15) is 0 Å². The van der Waals surface area contributed by atoms with Crippen LogP contribution in [0.15, 0.2) is 47.5 Å². The highest BCUT2D eigenvalue weighted by molar-refractivity contribution is 7.90. The highest BCUT2D eigenvalue weighted by atomic mass is 32.2. The molecular formula is C18H16N2O2S2. The Balaban J connectivity index is 1.89. The molecule has 0 saturated heterocycles. The van der Waals surface area contributed by atoms with Crippen LogP contribution in [0.5, 0.6) is 0 Å². The summed E-state index contributed by atoms with van der Waals surface area (Å²) >= 11 is 1.50. The maximum Gasteiger partial charge on any atom is 0.195 e. The Bertz CT molecular complexity index is 1200. The predicted molar refractivity (Wildman–Crippen MR) is 98.6 cm³/mol. The summed E-state index contributed by atoms with van der Waals surface area (Å²) in [4.78, 5) is 5.92. The summed E-state index contributed by atoms with van der Waals surface area (Å²) in [7, 11) is -3.20. The Hall–Kier alpha value is -2.18. The normalized spacial score (nSPS) is 12.3. The van der Waals surface area contributed by atoms with Gasteiger partial charge in [-0.05, 0) is 49.2 Å². The van der Waals surface area contributed by atoms with Gasteiger partial charge >= 0.3 is 0 Å². The lowest BCUT2D eigenvalue weighted by molar-refractivity contribution is 0.602. The van der Waals surface area contributed by atoms with Crippen LogP contribution < -0.4 is 0 Å². The van der Waals surface area contributed by atoms with Crippen LogP contribution in [0, 0.1) is 13.8 Å². The van der Waals surface area contributed by atoms with Gasteiger partial charge in [-0.25, -0.2) is 13.4 Å². The lowest BCUT2D eigenvalue weighted by Gasteiger charge is -2.02. The maximum absolute atomic E-state index is 11.7. The molecule has 24 heavy (non-hydrogen) atoms. The Morgan fingerprint density at radius 2 is 1.83 bits per heavy atom. The number of hydrogen-bond acceptors (Lipinski definition) is 4. The van der Waals surface area contributed by atoms with Crippen molar-refractivity contribution in [3.05, 3.63) is 53.7 Å². The van der Waals surface area contributed by atoms with E-state index in [1.165, 1.54) is 28.7 Å². The minimum Gasteiger partial charge on any atom is -0.290 e. The second-order valence-corrected chi connectivity index (χ2v) is 9.11. The molecule has 0 bridgehead atoms. The van der Waals surface area contributed by atoms with Crippen LogP contribution >= 0.6 is 11.3 Å². The van der Waals surface area contributed by atoms with Crippen molar-refractivity contribution in [2.45, 2.75) is 18.7 Å². The van der Waals surface area contributed by atoms with E-state index in [0.717, 1.165) is 26.4 Å². The molecule has 0 aliphatic heterocycles. The number of benzene rings is 2. The van der Waals surface area contributed by atoms with Crippen LogP contribution in [0.25, 0.3) is 26.4 Å². The van der Waals surface area contributed by atoms with Crippen molar-refractivity contribution in [1.82, 2.24) is 9.38 Å². The molecule has 0 amide bonds. The van der Waals surface area contributed by atoms with Crippen LogP contribution in [-0.2, 0) is 9.84 Å². The van der Waals surface area contributed by atoms with Gasteiger partial charge in [0.1, 0.15) is 0 Å². The molecule has 0 unspecified atom stereocenters. The molecule has 4 aromatic rings. The molecule has 0 saturated carbocycles. The first-order chi connectivity index (χ1) is 11.3. The zero-order valence-electron chi connectivity index (χ0n) is 13.6. The molecule has 0 spiro atoms. The summed E-state index contributed by atoms with van der Waals surface area (Å²) in [5, 5.41) is 0. The first kappa shape index (κ1) is 15.4. The first-order valence-electron chi connectivity index (χ1n) is 7.52. The molecule has 0 aliphatic rings. The third kappa shape index (κ3) is 2.42. The second-order valence-electron chi connectivity index (χ2n) is 6.08. The minimum absolute atomic E-state index is 0.342. The summed E-state index contributed by atoms with van der Waals surface area (Å²) in [6.45, 7) is 4.19. The van der Waals surface area contributed by atoms with Crippen molar-refractivity contribution in [2.24, 2.45) is 0 Å². The van der Waals surface area contributed by atoms with Gasteiger partial charge in [0.15, 0.2) is 14.8 Å². The van der Waals surface area contributed by atoms with E-state index in [4.69, 9.17) is 4.98 Å². The fourth-order valence-electron chi connectivity index (χ4n) is 2.75. The molecule has 0 aliphatic carbocycles. The Morgan fingerprint density at radius 3 is 2.54 bits per heavy atom. The van der Waals surface area contributed by atoms with Gasteiger partial charge < -0.3 is 0 Å². The number of aromatic nitrogens is 2. The fourth-order valence-corrected chi connectivity index (χ4v) is 4.52. The smallest absolute Gasteiger partial charge is 0.195 e. The van der Waals surface area contributed by atoms with Crippen LogP contribution in [0.3, 0.4) is 0 Å². The minimum atomic E-state index is -3.20.